The number of carbonyl (C=O) groups is 2. The summed E-state index contributed by atoms with van der Waals surface area (Å²) in [5, 5.41) is 3.64. The van der Waals surface area contributed by atoms with Crippen LogP contribution in [0.25, 0.3) is 0 Å². The maximum Gasteiger partial charge on any atom is 0.243 e. The second-order valence-electron chi connectivity index (χ2n) is 5.15. The van der Waals surface area contributed by atoms with Crippen molar-refractivity contribution in [2.45, 2.75) is 38.8 Å². The molecule has 1 aromatic rings. The Morgan fingerprint density at radius 3 is 2.60 bits per heavy atom. The van der Waals surface area contributed by atoms with Crippen LogP contribution >= 0.6 is 11.6 Å². The Hall–Kier alpha value is -1.55. The Labute approximate surface area is 124 Å². The molecule has 1 fully saturated rings. The molecule has 1 aliphatic rings. The van der Waals surface area contributed by atoms with E-state index in [2.05, 4.69) is 5.32 Å². The van der Waals surface area contributed by atoms with Crippen molar-refractivity contribution in [1.29, 1.82) is 0 Å². The number of halogens is 1. The van der Waals surface area contributed by atoms with Crippen LogP contribution in [-0.2, 0) is 9.59 Å². The molecule has 0 spiro atoms. The third-order valence-corrected chi connectivity index (χ3v) is 3.94. The van der Waals surface area contributed by atoms with Crippen molar-refractivity contribution in [1.82, 2.24) is 10.2 Å². The Balaban J connectivity index is 2.00. The number of rotatable bonds is 3. The normalized spacial score (nSPS) is 19.8. The predicted molar refractivity (Wildman–Crippen MR) is 78.4 cm³/mol. The quantitative estimate of drug-likeness (QED) is 0.931. The third-order valence-electron chi connectivity index (χ3n) is 3.69. The number of hydrogen-bond donors (Lipinski definition) is 1. The van der Waals surface area contributed by atoms with E-state index < -0.39 is 0 Å². The molecule has 1 heterocycles. The SMILES string of the molecule is CC(=O)N1CCCC1C(=O)NC(C)c1ccc(Cl)cc1. The monoisotopic (exact) mass is 294 g/mol. The first-order chi connectivity index (χ1) is 9.49. The standard InChI is InChI=1S/C15H19ClN2O2/c1-10(12-5-7-13(16)8-6-12)17-15(20)14-4-3-9-18(14)11(2)19/h5-8,10,14H,3-4,9H2,1-2H3,(H,17,20). The van der Waals surface area contributed by atoms with E-state index >= 15 is 0 Å². The summed E-state index contributed by atoms with van der Waals surface area (Å²) in [5.41, 5.74) is 0.995. The van der Waals surface area contributed by atoms with Crippen molar-refractivity contribution in [3.63, 3.8) is 0 Å². The highest BCUT2D eigenvalue weighted by Crippen LogP contribution is 2.20. The Kier molecular flexibility index (Phi) is 4.65. The number of hydrogen-bond acceptors (Lipinski definition) is 2. The predicted octanol–water partition coefficient (Wildman–Crippen LogP) is 2.53. The van der Waals surface area contributed by atoms with E-state index in [1.807, 2.05) is 19.1 Å². The van der Waals surface area contributed by atoms with Gasteiger partial charge in [-0.2, -0.15) is 0 Å². The van der Waals surface area contributed by atoms with E-state index in [1.165, 1.54) is 6.92 Å². The van der Waals surface area contributed by atoms with Gasteiger partial charge < -0.3 is 10.2 Å². The first kappa shape index (κ1) is 14.9. The minimum Gasteiger partial charge on any atom is -0.348 e. The summed E-state index contributed by atoms with van der Waals surface area (Å²) in [7, 11) is 0. The van der Waals surface area contributed by atoms with Gasteiger partial charge in [-0.05, 0) is 37.5 Å². The van der Waals surface area contributed by atoms with Gasteiger partial charge in [-0.15, -0.1) is 0 Å². The molecule has 0 bridgehead atoms. The molecule has 5 heteroatoms. The van der Waals surface area contributed by atoms with Gasteiger partial charge in [0.25, 0.3) is 0 Å². The average Bonchev–Trinajstić information content (AvgIpc) is 2.88. The summed E-state index contributed by atoms with van der Waals surface area (Å²) in [6.45, 7) is 4.10. The van der Waals surface area contributed by atoms with Gasteiger partial charge in [0.2, 0.25) is 11.8 Å². The van der Waals surface area contributed by atoms with Gasteiger partial charge in [0.05, 0.1) is 6.04 Å². The van der Waals surface area contributed by atoms with Crippen LogP contribution in [0.2, 0.25) is 5.02 Å². The number of nitrogens with one attached hydrogen (secondary N) is 1. The Morgan fingerprint density at radius 1 is 1.35 bits per heavy atom. The zero-order valence-electron chi connectivity index (χ0n) is 11.7. The second-order valence-corrected chi connectivity index (χ2v) is 5.59. The third kappa shape index (κ3) is 3.31. The molecule has 2 amide bonds. The van der Waals surface area contributed by atoms with Crippen LogP contribution in [-0.4, -0.2) is 29.3 Å². The number of likely N-dealkylation sites (tertiary alicyclic amines) is 1. The molecule has 0 aromatic heterocycles. The van der Waals surface area contributed by atoms with Crippen LogP contribution in [0.15, 0.2) is 24.3 Å². The smallest absolute Gasteiger partial charge is 0.243 e. The van der Waals surface area contributed by atoms with Crippen molar-refractivity contribution in [3.8, 4) is 0 Å². The van der Waals surface area contributed by atoms with E-state index in [0.29, 0.717) is 11.6 Å². The first-order valence-electron chi connectivity index (χ1n) is 6.82. The molecule has 108 valence electrons. The van der Waals surface area contributed by atoms with Gasteiger partial charge in [0.15, 0.2) is 0 Å². The first-order valence-corrected chi connectivity index (χ1v) is 7.20. The van der Waals surface area contributed by atoms with Gasteiger partial charge in [0, 0.05) is 18.5 Å². The molecule has 1 N–H and O–H groups in total. The lowest BCUT2D eigenvalue weighted by Gasteiger charge is -2.24. The second kappa shape index (κ2) is 6.27. The van der Waals surface area contributed by atoms with Gasteiger partial charge in [-0.3, -0.25) is 9.59 Å². The molecule has 1 saturated heterocycles. The molecule has 1 aromatic carbocycles. The fraction of sp³-hybridized carbons (Fsp3) is 0.467. The average molecular weight is 295 g/mol. The molecule has 0 saturated carbocycles. The van der Waals surface area contributed by atoms with Crippen molar-refractivity contribution in [2.24, 2.45) is 0 Å². The molecule has 4 nitrogen and oxygen atoms in total. The summed E-state index contributed by atoms with van der Waals surface area (Å²) in [4.78, 5) is 25.4. The molecule has 2 unspecified atom stereocenters. The van der Waals surface area contributed by atoms with Gasteiger partial charge in [-0.1, -0.05) is 23.7 Å². The molecular formula is C15H19ClN2O2. The number of carbonyl (C=O) groups excluding carboxylic acids is 2. The molecule has 2 rings (SSSR count). The fourth-order valence-corrected chi connectivity index (χ4v) is 2.69. The van der Waals surface area contributed by atoms with Gasteiger partial charge >= 0.3 is 0 Å². The lowest BCUT2D eigenvalue weighted by molar-refractivity contribution is -0.137. The lowest BCUT2D eigenvalue weighted by atomic mass is 10.1. The Morgan fingerprint density at radius 2 is 2.00 bits per heavy atom. The topological polar surface area (TPSA) is 49.4 Å². The summed E-state index contributed by atoms with van der Waals surface area (Å²) < 4.78 is 0. The van der Waals surface area contributed by atoms with Gasteiger partial charge in [-0.25, -0.2) is 0 Å². The summed E-state index contributed by atoms with van der Waals surface area (Å²) >= 11 is 5.85. The van der Waals surface area contributed by atoms with E-state index in [4.69, 9.17) is 11.6 Å². The van der Waals surface area contributed by atoms with Crippen LogP contribution in [0.1, 0.15) is 38.3 Å². The van der Waals surface area contributed by atoms with Crippen LogP contribution in [0.4, 0.5) is 0 Å². The highest BCUT2D eigenvalue weighted by atomic mass is 35.5. The summed E-state index contributed by atoms with van der Waals surface area (Å²) in [6, 6.07) is 6.96. The molecule has 0 aliphatic carbocycles. The van der Waals surface area contributed by atoms with E-state index in [0.717, 1.165) is 18.4 Å². The van der Waals surface area contributed by atoms with Crippen molar-refractivity contribution in [3.05, 3.63) is 34.9 Å². The van der Waals surface area contributed by atoms with Crippen molar-refractivity contribution < 1.29 is 9.59 Å². The molecule has 0 radical (unpaired) electrons. The minimum absolute atomic E-state index is 0.0400. The van der Waals surface area contributed by atoms with Crippen LogP contribution < -0.4 is 5.32 Å². The minimum atomic E-state index is -0.331. The zero-order chi connectivity index (χ0) is 14.7. The van der Waals surface area contributed by atoms with E-state index in [9.17, 15) is 9.59 Å². The Bertz CT molecular complexity index is 501. The van der Waals surface area contributed by atoms with Crippen molar-refractivity contribution in [2.75, 3.05) is 6.54 Å². The lowest BCUT2D eigenvalue weighted by Crippen LogP contribution is -2.45. The van der Waals surface area contributed by atoms with E-state index in [1.54, 1.807) is 17.0 Å². The number of amides is 2. The molecular weight excluding hydrogens is 276 g/mol. The molecule has 1 aliphatic heterocycles. The highest BCUT2D eigenvalue weighted by Gasteiger charge is 2.32. The number of nitrogens with zero attached hydrogens (tertiary/aromatic N) is 1. The maximum absolute atomic E-state index is 12.3. The van der Waals surface area contributed by atoms with Crippen LogP contribution in [0, 0.1) is 0 Å². The van der Waals surface area contributed by atoms with Crippen LogP contribution in [0.5, 0.6) is 0 Å². The van der Waals surface area contributed by atoms with Crippen LogP contribution in [0.3, 0.4) is 0 Å². The van der Waals surface area contributed by atoms with Crippen molar-refractivity contribution >= 4 is 23.4 Å². The van der Waals surface area contributed by atoms with Gasteiger partial charge in [0.1, 0.15) is 6.04 Å². The molecule has 20 heavy (non-hydrogen) atoms. The zero-order valence-corrected chi connectivity index (χ0v) is 12.5. The highest BCUT2D eigenvalue weighted by molar-refractivity contribution is 6.30. The van der Waals surface area contributed by atoms with E-state index in [-0.39, 0.29) is 23.9 Å². The summed E-state index contributed by atoms with van der Waals surface area (Å²) in [5.74, 6) is -0.123. The summed E-state index contributed by atoms with van der Waals surface area (Å²) in [6.07, 6.45) is 1.62. The fourth-order valence-electron chi connectivity index (χ4n) is 2.56. The largest absolute Gasteiger partial charge is 0.348 e. The number of benzene rings is 1. The molecule has 2 atom stereocenters. The maximum atomic E-state index is 12.3.